The van der Waals surface area contributed by atoms with Crippen molar-refractivity contribution >= 4 is 17.9 Å². The van der Waals surface area contributed by atoms with E-state index in [1.807, 2.05) is 0 Å². The largest absolute Gasteiger partial charge is 0.0998 e. The lowest BCUT2D eigenvalue weighted by Gasteiger charge is -2.31. The topological polar surface area (TPSA) is 0 Å². The van der Waals surface area contributed by atoms with Gasteiger partial charge in [-0.15, -0.1) is 0 Å². The van der Waals surface area contributed by atoms with Crippen LogP contribution in [0.3, 0.4) is 0 Å². The molecule has 1 heteroatoms. The van der Waals surface area contributed by atoms with Crippen LogP contribution in [0.4, 0.5) is 0 Å². The van der Waals surface area contributed by atoms with Crippen molar-refractivity contribution in [2.75, 3.05) is 0 Å². The van der Waals surface area contributed by atoms with E-state index >= 15 is 0 Å². The van der Waals surface area contributed by atoms with E-state index < -0.39 is 7.26 Å². The fraction of sp³-hybridized carbons (Fsp3) is 0.182. The summed E-state index contributed by atoms with van der Waals surface area (Å²) >= 11 is 0. The molecule has 0 saturated heterocycles. The first-order valence-electron chi connectivity index (χ1n) is 8.26. The maximum atomic E-state index is 2.39. The lowest BCUT2D eigenvalue weighted by Crippen LogP contribution is -2.30. The number of hydrogen-bond acceptors (Lipinski definition) is 0. The zero-order valence-electron chi connectivity index (χ0n) is 13.9. The molecule has 0 aliphatic heterocycles. The molecule has 0 unspecified atom stereocenters. The van der Waals surface area contributed by atoms with Gasteiger partial charge in [-0.3, -0.25) is 0 Å². The van der Waals surface area contributed by atoms with Crippen LogP contribution in [-0.4, -0.2) is 5.66 Å². The average Bonchev–Trinajstić information content (AvgIpc) is 2.62. The first-order valence-corrected chi connectivity index (χ1v) is 10.3. The van der Waals surface area contributed by atoms with E-state index in [4.69, 9.17) is 0 Å². The van der Waals surface area contributed by atoms with Gasteiger partial charge in [-0.2, -0.15) is 0 Å². The molecule has 0 atom stereocenters. The van der Waals surface area contributed by atoms with Crippen molar-refractivity contribution in [3.05, 3.63) is 96.6 Å². The van der Waals surface area contributed by atoms with Gasteiger partial charge >= 0.3 is 0 Å². The lowest BCUT2D eigenvalue weighted by atomic mass is 10.2. The molecule has 0 saturated carbocycles. The van der Waals surface area contributed by atoms with E-state index in [1.165, 1.54) is 16.2 Å². The van der Waals surface area contributed by atoms with Gasteiger partial charge in [0.2, 0.25) is 0 Å². The second-order valence-electron chi connectivity index (χ2n) is 6.28. The quantitative estimate of drug-likeness (QED) is 0.562. The van der Waals surface area contributed by atoms with Crippen LogP contribution in [0.2, 0.25) is 0 Å². The summed E-state index contributed by atoms with van der Waals surface area (Å²) in [5, 5.41) is 3.01. The van der Waals surface area contributed by atoms with Crippen molar-refractivity contribution in [2.45, 2.75) is 25.7 Å². The molecule has 0 heterocycles. The van der Waals surface area contributed by atoms with Gasteiger partial charge in [-0.25, -0.2) is 0 Å². The molecule has 0 bridgehead atoms. The summed E-state index contributed by atoms with van der Waals surface area (Å²) in [6, 6.07) is 33.2. The molecule has 0 aromatic heterocycles. The Bertz CT molecular complexity index is 678. The Hall–Kier alpha value is -1.91. The Morgan fingerprint density at radius 1 is 0.609 bits per heavy atom. The van der Waals surface area contributed by atoms with E-state index in [-0.39, 0.29) is 0 Å². The van der Waals surface area contributed by atoms with Gasteiger partial charge in [0, 0.05) is 0 Å². The molecule has 0 N–H and O–H groups in total. The van der Waals surface area contributed by atoms with Gasteiger partial charge in [0.25, 0.3) is 0 Å². The van der Waals surface area contributed by atoms with E-state index in [0.717, 1.165) is 6.16 Å². The van der Waals surface area contributed by atoms with E-state index in [2.05, 4.69) is 105 Å². The summed E-state index contributed by atoms with van der Waals surface area (Å²) in [6.07, 6.45) is 1.12. The smallest absolute Gasteiger partial charge is 0.0622 e. The van der Waals surface area contributed by atoms with E-state index in [0.29, 0.717) is 5.66 Å². The summed E-state index contributed by atoms with van der Waals surface area (Å²) in [6.45, 7) is 4.77. The molecule has 23 heavy (non-hydrogen) atoms. The highest BCUT2D eigenvalue weighted by Crippen LogP contribution is 2.63. The zero-order valence-corrected chi connectivity index (χ0v) is 14.8. The molecule has 3 rings (SSSR count). The maximum Gasteiger partial charge on any atom is 0.0998 e. The Kier molecular flexibility index (Phi) is 4.94. The molecule has 116 valence electrons. The highest BCUT2D eigenvalue weighted by molar-refractivity contribution is 7.89. The van der Waals surface area contributed by atoms with Crippen LogP contribution in [-0.2, 0) is 6.16 Å². The minimum atomic E-state index is -1.49. The van der Waals surface area contributed by atoms with Gasteiger partial charge in [0.05, 0.1) is 29.7 Å². The fourth-order valence-corrected chi connectivity index (χ4v) is 7.79. The predicted octanol–water partition coefficient (Wildman–Crippen LogP) is 5.26. The molecule has 0 spiro atoms. The Morgan fingerprint density at radius 2 is 1.00 bits per heavy atom. The standard InChI is InChI=1S/C22H24P/c1-19(2)23(21-14-8-4-9-15-21,22-16-10-5-11-17-22)18-20-12-6-3-7-13-20/h3-17,19H,18H2,1-2H3/q+1. The molecule has 3 aromatic carbocycles. The van der Waals surface area contributed by atoms with Gasteiger partial charge in [0.15, 0.2) is 0 Å². The first kappa shape index (κ1) is 16.0. The minimum absolute atomic E-state index is 0.604. The normalized spacial score (nSPS) is 11.6. The summed E-state index contributed by atoms with van der Waals surface area (Å²) in [4.78, 5) is 0. The van der Waals surface area contributed by atoms with E-state index in [1.54, 1.807) is 0 Å². The fourth-order valence-electron chi connectivity index (χ4n) is 3.37. The van der Waals surface area contributed by atoms with Gasteiger partial charge in [-0.05, 0) is 43.7 Å². The second kappa shape index (κ2) is 7.11. The number of hydrogen-bond donors (Lipinski definition) is 0. The van der Waals surface area contributed by atoms with Crippen LogP contribution in [0.25, 0.3) is 0 Å². The summed E-state index contributed by atoms with van der Waals surface area (Å²) in [7, 11) is -1.49. The SMILES string of the molecule is CC(C)[P+](Cc1ccccc1)(c1ccccc1)c1ccccc1. The van der Waals surface area contributed by atoms with Crippen LogP contribution >= 0.6 is 7.26 Å². The summed E-state index contributed by atoms with van der Waals surface area (Å²) in [5.41, 5.74) is 2.04. The molecule has 0 aliphatic carbocycles. The molecule has 3 aromatic rings. The third kappa shape index (κ3) is 3.23. The lowest BCUT2D eigenvalue weighted by molar-refractivity contribution is 1.07. The summed E-state index contributed by atoms with van der Waals surface area (Å²) in [5.74, 6) is 0. The van der Waals surface area contributed by atoms with Crippen molar-refractivity contribution in [1.29, 1.82) is 0 Å². The van der Waals surface area contributed by atoms with Crippen molar-refractivity contribution in [3.8, 4) is 0 Å². The molecular weight excluding hydrogens is 295 g/mol. The maximum absolute atomic E-state index is 2.39. The first-order chi connectivity index (χ1) is 11.2. The third-order valence-corrected chi connectivity index (χ3v) is 9.66. The molecule has 0 nitrogen and oxygen atoms in total. The summed E-state index contributed by atoms with van der Waals surface area (Å²) < 4.78 is 0. The average molecular weight is 319 g/mol. The van der Waals surface area contributed by atoms with Crippen molar-refractivity contribution in [2.24, 2.45) is 0 Å². The van der Waals surface area contributed by atoms with Gasteiger partial charge in [0.1, 0.15) is 0 Å². The minimum Gasteiger partial charge on any atom is -0.0622 e. The highest BCUT2D eigenvalue weighted by Gasteiger charge is 2.45. The monoisotopic (exact) mass is 319 g/mol. The van der Waals surface area contributed by atoms with Crippen molar-refractivity contribution in [1.82, 2.24) is 0 Å². The molecular formula is C22H24P+. The van der Waals surface area contributed by atoms with Crippen LogP contribution in [0.5, 0.6) is 0 Å². The third-order valence-electron chi connectivity index (χ3n) is 4.59. The molecule has 0 radical (unpaired) electrons. The van der Waals surface area contributed by atoms with Crippen molar-refractivity contribution < 1.29 is 0 Å². The molecule has 0 aliphatic rings. The molecule has 0 amide bonds. The zero-order chi connectivity index (χ0) is 16.1. The Labute approximate surface area is 140 Å². The van der Waals surface area contributed by atoms with Gasteiger partial charge < -0.3 is 0 Å². The number of benzene rings is 3. The Balaban J connectivity index is 2.19. The van der Waals surface area contributed by atoms with Crippen molar-refractivity contribution in [3.63, 3.8) is 0 Å². The molecule has 0 fully saturated rings. The van der Waals surface area contributed by atoms with Crippen LogP contribution in [0, 0.1) is 0 Å². The highest BCUT2D eigenvalue weighted by atomic mass is 31.2. The second-order valence-corrected chi connectivity index (χ2v) is 10.4. The Morgan fingerprint density at radius 3 is 1.39 bits per heavy atom. The van der Waals surface area contributed by atoms with Crippen LogP contribution in [0.1, 0.15) is 19.4 Å². The predicted molar refractivity (Wildman–Crippen MR) is 104 cm³/mol. The number of rotatable bonds is 5. The van der Waals surface area contributed by atoms with Crippen LogP contribution < -0.4 is 10.6 Å². The van der Waals surface area contributed by atoms with Crippen LogP contribution in [0.15, 0.2) is 91.0 Å². The van der Waals surface area contributed by atoms with Gasteiger partial charge in [-0.1, -0.05) is 66.7 Å². The van der Waals surface area contributed by atoms with E-state index in [9.17, 15) is 0 Å².